The molecule has 9 heteroatoms. The lowest BCUT2D eigenvalue weighted by atomic mass is 9.88. The van der Waals surface area contributed by atoms with Crippen molar-refractivity contribution in [2.75, 3.05) is 32.8 Å². The quantitative estimate of drug-likeness (QED) is 0.405. The first-order valence-electron chi connectivity index (χ1n) is 11.6. The molecule has 2 aromatic carbocycles. The lowest BCUT2D eigenvalue weighted by molar-refractivity contribution is -0.137. The van der Waals surface area contributed by atoms with Crippen molar-refractivity contribution < 1.29 is 32.5 Å². The van der Waals surface area contributed by atoms with E-state index >= 15 is 0 Å². The minimum Gasteiger partial charge on any atom is -0.490 e. The van der Waals surface area contributed by atoms with Crippen LogP contribution in [0.4, 0.5) is 13.2 Å². The summed E-state index contributed by atoms with van der Waals surface area (Å²) in [7, 11) is 0. The van der Waals surface area contributed by atoms with Gasteiger partial charge in [-0.05, 0) is 61.7 Å². The second kappa shape index (κ2) is 11.0. The van der Waals surface area contributed by atoms with Gasteiger partial charge in [-0.25, -0.2) is 4.79 Å². The zero-order chi connectivity index (χ0) is 25.0. The summed E-state index contributed by atoms with van der Waals surface area (Å²) >= 11 is 5.74. The summed E-state index contributed by atoms with van der Waals surface area (Å²) in [6.07, 6.45) is -1.52. The van der Waals surface area contributed by atoms with Crippen molar-refractivity contribution in [1.29, 1.82) is 0 Å². The molecule has 2 fully saturated rings. The van der Waals surface area contributed by atoms with Crippen LogP contribution in [0, 0.1) is 0 Å². The number of benzene rings is 2. The average molecular weight is 510 g/mol. The van der Waals surface area contributed by atoms with Gasteiger partial charge in [-0.15, -0.1) is 0 Å². The van der Waals surface area contributed by atoms with E-state index in [1.54, 1.807) is 18.2 Å². The van der Waals surface area contributed by atoms with Gasteiger partial charge in [-0.2, -0.15) is 13.2 Å². The number of carbonyl (C=O) groups is 1. The Labute approximate surface area is 207 Å². The zero-order valence-corrected chi connectivity index (χ0v) is 19.8. The highest BCUT2D eigenvalue weighted by molar-refractivity contribution is 6.31. The van der Waals surface area contributed by atoms with Crippen molar-refractivity contribution >= 4 is 23.6 Å². The third kappa shape index (κ3) is 6.57. The number of rotatable bonds is 7. The van der Waals surface area contributed by atoms with Gasteiger partial charge in [-0.3, -0.25) is 0 Å². The van der Waals surface area contributed by atoms with Crippen LogP contribution in [0.2, 0.25) is 5.02 Å². The molecule has 0 aliphatic carbocycles. The van der Waals surface area contributed by atoms with Crippen molar-refractivity contribution in [2.24, 2.45) is 0 Å². The number of esters is 1. The minimum atomic E-state index is -4.48. The second-order valence-electron chi connectivity index (χ2n) is 8.87. The molecule has 0 bridgehead atoms. The van der Waals surface area contributed by atoms with E-state index in [1.165, 1.54) is 6.07 Å². The van der Waals surface area contributed by atoms with E-state index in [2.05, 4.69) is 4.90 Å². The third-order valence-electron chi connectivity index (χ3n) is 6.37. The highest BCUT2D eigenvalue weighted by Crippen LogP contribution is 2.38. The summed E-state index contributed by atoms with van der Waals surface area (Å²) in [4.78, 5) is 13.8. The molecule has 2 heterocycles. The number of nitrogens with zero attached hydrogens (tertiary/aromatic N) is 1. The first-order chi connectivity index (χ1) is 16.7. The zero-order valence-electron chi connectivity index (χ0n) is 19.1. The molecule has 1 atom stereocenters. The fourth-order valence-electron chi connectivity index (χ4n) is 4.50. The SMILES string of the molecule is O=C1OCCC1=Cc1ccccc1OCC(O)CN1CCC(c2ccc(Cl)c(C(F)(F)F)c2)CC1. The minimum absolute atomic E-state index is 0.0141. The van der Waals surface area contributed by atoms with Gasteiger partial charge in [-0.1, -0.05) is 35.9 Å². The molecule has 1 unspecified atom stereocenters. The fourth-order valence-corrected chi connectivity index (χ4v) is 4.72. The fraction of sp³-hybridized carbons (Fsp3) is 0.423. The summed E-state index contributed by atoms with van der Waals surface area (Å²) < 4.78 is 50.4. The lowest BCUT2D eigenvalue weighted by Crippen LogP contribution is -2.40. The normalized spacial score (nSPS) is 19.7. The van der Waals surface area contributed by atoms with E-state index in [4.69, 9.17) is 21.1 Å². The average Bonchev–Trinajstić information content (AvgIpc) is 3.23. The number of piperidine rings is 1. The molecule has 4 rings (SSSR count). The number of alkyl halides is 3. The number of para-hydroxylation sites is 1. The Balaban J connectivity index is 1.28. The van der Waals surface area contributed by atoms with Gasteiger partial charge in [0, 0.05) is 24.1 Å². The molecule has 0 aromatic heterocycles. The third-order valence-corrected chi connectivity index (χ3v) is 6.70. The van der Waals surface area contributed by atoms with Crippen LogP contribution >= 0.6 is 11.6 Å². The van der Waals surface area contributed by atoms with Crippen LogP contribution < -0.4 is 4.74 Å². The van der Waals surface area contributed by atoms with Crippen molar-refractivity contribution in [3.63, 3.8) is 0 Å². The van der Waals surface area contributed by atoms with E-state index in [9.17, 15) is 23.1 Å². The Morgan fingerprint density at radius 2 is 1.94 bits per heavy atom. The Morgan fingerprint density at radius 3 is 2.63 bits per heavy atom. The van der Waals surface area contributed by atoms with Gasteiger partial charge < -0.3 is 19.5 Å². The molecule has 2 aliphatic rings. The molecule has 0 spiro atoms. The van der Waals surface area contributed by atoms with Gasteiger partial charge in [0.25, 0.3) is 0 Å². The number of cyclic esters (lactones) is 1. The highest BCUT2D eigenvalue weighted by Gasteiger charge is 2.34. The first kappa shape index (κ1) is 25.5. The van der Waals surface area contributed by atoms with Crippen LogP contribution in [0.25, 0.3) is 6.08 Å². The number of carbonyl (C=O) groups excluding carboxylic acids is 1. The maximum atomic E-state index is 13.2. The largest absolute Gasteiger partial charge is 0.490 e. The van der Waals surface area contributed by atoms with Crippen LogP contribution in [0.15, 0.2) is 48.0 Å². The van der Waals surface area contributed by atoms with Gasteiger partial charge in [0.05, 0.1) is 17.2 Å². The summed E-state index contributed by atoms with van der Waals surface area (Å²) in [5, 5.41) is 10.2. The summed E-state index contributed by atoms with van der Waals surface area (Å²) in [6, 6.07) is 11.4. The molecule has 2 saturated heterocycles. The molecule has 0 amide bonds. The molecule has 0 radical (unpaired) electrons. The first-order valence-corrected chi connectivity index (χ1v) is 11.9. The van der Waals surface area contributed by atoms with Crippen LogP contribution in [0.5, 0.6) is 5.75 Å². The van der Waals surface area contributed by atoms with Crippen LogP contribution in [-0.4, -0.2) is 54.9 Å². The predicted molar refractivity (Wildman–Crippen MR) is 126 cm³/mol. The summed E-state index contributed by atoms with van der Waals surface area (Å²) in [5.74, 6) is 0.261. The number of hydrogen-bond acceptors (Lipinski definition) is 5. The molecular formula is C26H27ClF3NO4. The molecular weight excluding hydrogens is 483 g/mol. The van der Waals surface area contributed by atoms with E-state index < -0.39 is 17.8 Å². The Bertz CT molecular complexity index is 1080. The lowest BCUT2D eigenvalue weighted by Gasteiger charge is -2.33. The van der Waals surface area contributed by atoms with Crippen molar-refractivity contribution in [2.45, 2.75) is 37.5 Å². The molecule has 188 valence electrons. The standard InChI is InChI=1S/C26H27ClF3NO4/c27-23-6-5-18(14-22(23)26(28,29)30)17-7-10-31(11-8-17)15-21(32)16-35-24-4-2-1-3-19(24)13-20-9-12-34-25(20)33/h1-6,13-14,17,21,32H,7-12,15-16H2. The van der Waals surface area contributed by atoms with Crippen molar-refractivity contribution in [1.82, 2.24) is 4.90 Å². The molecule has 2 aromatic rings. The van der Waals surface area contributed by atoms with Gasteiger partial charge in [0.1, 0.15) is 18.5 Å². The van der Waals surface area contributed by atoms with E-state index in [-0.39, 0.29) is 23.5 Å². The van der Waals surface area contributed by atoms with Gasteiger partial charge >= 0.3 is 12.1 Å². The highest BCUT2D eigenvalue weighted by atomic mass is 35.5. The number of ether oxygens (including phenoxy) is 2. The number of β-amino-alcohol motifs (C(OH)–C–C–N with tert-alkyl or cyclic N) is 1. The Morgan fingerprint density at radius 1 is 1.20 bits per heavy atom. The molecule has 35 heavy (non-hydrogen) atoms. The molecule has 5 nitrogen and oxygen atoms in total. The molecule has 0 saturated carbocycles. The molecule has 2 aliphatic heterocycles. The maximum absolute atomic E-state index is 13.2. The summed E-state index contributed by atoms with van der Waals surface area (Å²) in [6.45, 7) is 2.19. The van der Waals surface area contributed by atoms with Crippen LogP contribution in [-0.2, 0) is 15.7 Å². The van der Waals surface area contributed by atoms with Crippen molar-refractivity contribution in [3.8, 4) is 5.75 Å². The number of hydrogen-bond donors (Lipinski definition) is 1. The van der Waals surface area contributed by atoms with Gasteiger partial charge in [0.15, 0.2) is 0 Å². The van der Waals surface area contributed by atoms with E-state index in [1.807, 2.05) is 18.2 Å². The Kier molecular flexibility index (Phi) is 8.04. The van der Waals surface area contributed by atoms with E-state index in [0.717, 1.165) is 11.6 Å². The van der Waals surface area contributed by atoms with Crippen molar-refractivity contribution in [3.05, 3.63) is 69.8 Å². The van der Waals surface area contributed by atoms with E-state index in [0.29, 0.717) is 62.4 Å². The predicted octanol–water partition coefficient (Wildman–Crippen LogP) is 5.31. The van der Waals surface area contributed by atoms with Gasteiger partial charge in [0.2, 0.25) is 0 Å². The second-order valence-corrected chi connectivity index (χ2v) is 9.28. The van der Waals surface area contributed by atoms with Crippen LogP contribution in [0.3, 0.4) is 0 Å². The smallest absolute Gasteiger partial charge is 0.417 e. The number of likely N-dealkylation sites (tertiary alicyclic amines) is 1. The number of halogens is 4. The number of aliphatic hydroxyl groups is 1. The Hall–Kier alpha value is -2.55. The number of aliphatic hydroxyl groups excluding tert-OH is 1. The summed E-state index contributed by atoms with van der Waals surface area (Å²) in [5.41, 5.74) is 1.18. The van der Waals surface area contributed by atoms with Crippen LogP contribution in [0.1, 0.15) is 41.9 Å². The maximum Gasteiger partial charge on any atom is 0.417 e. The monoisotopic (exact) mass is 509 g/mol. The topological polar surface area (TPSA) is 59.0 Å². The molecule has 1 N–H and O–H groups in total.